The fourth-order valence-electron chi connectivity index (χ4n) is 2.93. The van der Waals surface area contributed by atoms with Gasteiger partial charge in [-0.3, -0.25) is 9.69 Å². The summed E-state index contributed by atoms with van der Waals surface area (Å²) in [6, 6.07) is 18.4. The highest BCUT2D eigenvalue weighted by Gasteiger charge is 2.42. The first kappa shape index (κ1) is 18.3. The van der Waals surface area contributed by atoms with E-state index in [-0.39, 0.29) is 12.5 Å². The molecule has 2 aromatic carbocycles. The van der Waals surface area contributed by atoms with Crippen molar-refractivity contribution in [3.05, 3.63) is 86.0 Å². The predicted octanol–water partition coefficient (Wildman–Crippen LogP) is 3.50. The Labute approximate surface area is 158 Å². The van der Waals surface area contributed by atoms with E-state index in [2.05, 4.69) is 23.8 Å². The Balaban J connectivity index is 1.76. The third kappa shape index (κ3) is 4.00. The van der Waals surface area contributed by atoms with Crippen molar-refractivity contribution < 1.29 is 9.59 Å². The number of hydrogen-bond donors (Lipinski definition) is 2. The van der Waals surface area contributed by atoms with Crippen LogP contribution < -0.4 is 10.6 Å². The van der Waals surface area contributed by atoms with Crippen LogP contribution in [-0.4, -0.2) is 40.6 Å². The molecule has 2 N–H and O–H groups in total. The molecule has 2 aromatic rings. The molecule has 3 amide bonds. The average Bonchev–Trinajstić information content (AvgIpc) is 3.00. The summed E-state index contributed by atoms with van der Waals surface area (Å²) in [7, 11) is 0. The number of nitrogens with zero attached hydrogens (tertiary/aromatic N) is 2. The van der Waals surface area contributed by atoms with Crippen LogP contribution in [0.25, 0.3) is 0 Å². The van der Waals surface area contributed by atoms with Crippen LogP contribution in [0.15, 0.2) is 86.0 Å². The van der Waals surface area contributed by atoms with Gasteiger partial charge in [-0.1, -0.05) is 49.6 Å². The molecule has 0 saturated carbocycles. The molecule has 1 heterocycles. The molecule has 1 fully saturated rings. The highest BCUT2D eigenvalue weighted by molar-refractivity contribution is 6.03. The number of nitrogens with one attached hydrogen (secondary N) is 2. The minimum absolute atomic E-state index is 0.0316. The number of carbonyl (C=O) groups is 2. The van der Waals surface area contributed by atoms with E-state index in [1.807, 2.05) is 60.7 Å². The van der Waals surface area contributed by atoms with Crippen LogP contribution in [0.1, 0.15) is 0 Å². The fourth-order valence-corrected chi connectivity index (χ4v) is 2.93. The highest BCUT2D eigenvalue weighted by atomic mass is 16.2. The first-order valence-corrected chi connectivity index (χ1v) is 8.65. The zero-order chi connectivity index (χ0) is 19.2. The SMILES string of the molecule is C=CC(Nc1ccccc1)N1CC(=O)N(C(C=C)Nc2ccccc2)C1=O. The van der Waals surface area contributed by atoms with Crippen molar-refractivity contribution in [2.45, 2.75) is 12.3 Å². The van der Waals surface area contributed by atoms with Crippen LogP contribution in [-0.2, 0) is 4.79 Å². The van der Waals surface area contributed by atoms with E-state index in [9.17, 15) is 9.59 Å². The standard InChI is InChI=1S/C21H22N4O2/c1-3-18(22-16-11-7-5-8-12-16)24-15-20(26)25(21(24)27)19(4-2)23-17-13-9-6-10-14-17/h3-14,18-19,22-23H,1-2,15H2. The molecule has 138 valence electrons. The van der Waals surface area contributed by atoms with E-state index in [0.717, 1.165) is 11.4 Å². The molecule has 6 heteroatoms. The molecule has 0 bridgehead atoms. The lowest BCUT2D eigenvalue weighted by Crippen LogP contribution is -2.47. The summed E-state index contributed by atoms with van der Waals surface area (Å²) in [5.41, 5.74) is 1.63. The number of imide groups is 1. The van der Waals surface area contributed by atoms with Gasteiger partial charge in [0.2, 0.25) is 0 Å². The average molecular weight is 362 g/mol. The molecule has 0 aliphatic carbocycles. The van der Waals surface area contributed by atoms with Crippen LogP contribution in [0.5, 0.6) is 0 Å². The smallest absolute Gasteiger partial charge is 0.331 e. The summed E-state index contributed by atoms with van der Waals surface area (Å²) in [6.45, 7) is 7.53. The quantitative estimate of drug-likeness (QED) is 0.557. The third-order valence-corrected chi connectivity index (χ3v) is 4.26. The van der Waals surface area contributed by atoms with Gasteiger partial charge in [0.1, 0.15) is 18.9 Å². The summed E-state index contributed by atoms with van der Waals surface area (Å²) < 4.78 is 0. The van der Waals surface area contributed by atoms with Crippen molar-refractivity contribution in [1.82, 2.24) is 9.80 Å². The topological polar surface area (TPSA) is 64.7 Å². The molecule has 1 aliphatic heterocycles. The Morgan fingerprint density at radius 3 is 1.78 bits per heavy atom. The summed E-state index contributed by atoms with van der Waals surface area (Å²) in [4.78, 5) is 28.2. The minimum atomic E-state index is -0.639. The van der Waals surface area contributed by atoms with Crippen molar-refractivity contribution in [1.29, 1.82) is 0 Å². The second kappa shape index (κ2) is 8.23. The van der Waals surface area contributed by atoms with Gasteiger partial charge in [0.05, 0.1) is 0 Å². The van der Waals surface area contributed by atoms with E-state index in [1.54, 1.807) is 12.2 Å². The van der Waals surface area contributed by atoms with Crippen LogP contribution in [0.3, 0.4) is 0 Å². The fraction of sp³-hybridized carbons (Fsp3) is 0.143. The summed E-state index contributed by atoms with van der Waals surface area (Å²) in [5, 5.41) is 6.36. The molecule has 0 spiro atoms. The number of para-hydroxylation sites is 2. The van der Waals surface area contributed by atoms with Crippen LogP contribution >= 0.6 is 0 Å². The molecule has 27 heavy (non-hydrogen) atoms. The molecule has 6 nitrogen and oxygen atoms in total. The van der Waals surface area contributed by atoms with E-state index >= 15 is 0 Å². The number of anilines is 2. The van der Waals surface area contributed by atoms with Gasteiger partial charge >= 0.3 is 6.03 Å². The molecule has 0 radical (unpaired) electrons. The third-order valence-electron chi connectivity index (χ3n) is 4.26. The van der Waals surface area contributed by atoms with Crippen molar-refractivity contribution >= 4 is 23.3 Å². The van der Waals surface area contributed by atoms with Crippen molar-refractivity contribution in [2.24, 2.45) is 0 Å². The van der Waals surface area contributed by atoms with Crippen molar-refractivity contribution in [3.8, 4) is 0 Å². The Hall–Kier alpha value is -3.54. The van der Waals surface area contributed by atoms with E-state index < -0.39 is 18.4 Å². The molecule has 2 unspecified atom stereocenters. The van der Waals surface area contributed by atoms with Crippen molar-refractivity contribution in [2.75, 3.05) is 17.2 Å². The lowest BCUT2D eigenvalue weighted by molar-refractivity contribution is -0.126. The van der Waals surface area contributed by atoms with Gasteiger partial charge in [-0.15, -0.1) is 0 Å². The highest BCUT2D eigenvalue weighted by Crippen LogP contribution is 2.21. The molecule has 3 rings (SSSR count). The predicted molar refractivity (Wildman–Crippen MR) is 107 cm³/mol. The lowest BCUT2D eigenvalue weighted by atomic mass is 10.3. The normalized spacial score (nSPS) is 16.0. The molecule has 1 aliphatic rings. The first-order valence-electron chi connectivity index (χ1n) is 8.65. The summed E-state index contributed by atoms with van der Waals surface area (Å²) in [6.07, 6.45) is 2.00. The van der Waals surface area contributed by atoms with Gasteiger partial charge in [-0.05, 0) is 36.4 Å². The minimum Gasteiger partial charge on any atom is -0.362 e. The van der Waals surface area contributed by atoms with Crippen LogP contribution in [0.4, 0.5) is 16.2 Å². The Morgan fingerprint density at radius 1 is 0.815 bits per heavy atom. The second-order valence-electron chi connectivity index (χ2n) is 6.06. The van der Waals surface area contributed by atoms with Crippen molar-refractivity contribution in [3.63, 3.8) is 0 Å². The Morgan fingerprint density at radius 2 is 1.30 bits per heavy atom. The van der Waals surface area contributed by atoms with Gasteiger partial charge in [-0.25, -0.2) is 9.69 Å². The zero-order valence-electron chi connectivity index (χ0n) is 14.9. The van der Waals surface area contributed by atoms with Gasteiger partial charge in [-0.2, -0.15) is 0 Å². The van der Waals surface area contributed by atoms with E-state index in [4.69, 9.17) is 0 Å². The molecule has 2 atom stereocenters. The molecule has 1 saturated heterocycles. The number of urea groups is 1. The maximum absolute atomic E-state index is 13.0. The van der Waals surface area contributed by atoms with Crippen LogP contribution in [0, 0.1) is 0 Å². The Bertz CT molecular complexity index is 823. The number of rotatable bonds is 8. The Kier molecular flexibility index (Phi) is 5.56. The number of benzene rings is 2. The maximum Gasteiger partial charge on any atom is 0.331 e. The van der Waals surface area contributed by atoms with E-state index in [0.29, 0.717) is 0 Å². The summed E-state index contributed by atoms with van der Waals surface area (Å²) >= 11 is 0. The molecular formula is C21H22N4O2. The van der Waals surface area contributed by atoms with E-state index in [1.165, 1.54) is 9.80 Å². The first-order chi connectivity index (χ1) is 13.1. The monoisotopic (exact) mass is 362 g/mol. The lowest BCUT2D eigenvalue weighted by Gasteiger charge is -2.28. The number of carbonyl (C=O) groups excluding carboxylic acids is 2. The van der Waals surface area contributed by atoms with Gasteiger partial charge in [0.25, 0.3) is 5.91 Å². The van der Waals surface area contributed by atoms with Gasteiger partial charge in [0.15, 0.2) is 0 Å². The van der Waals surface area contributed by atoms with Crippen LogP contribution in [0.2, 0.25) is 0 Å². The van der Waals surface area contributed by atoms with Gasteiger partial charge in [0, 0.05) is 11.4 Å². The maximum atomic E-state index is 13.0. The number of amides is 3. The largest absolute Gasteiger partial charge is 0.362 e. The molecular weight excluding hydrogens is 340 g/mol. The summed E-state index contributed by atoms with van der Waals surface area (Å²) in [5.74, 6) is -0.296. The number of hydrogen-bond acceptors (Lipinski definition) is 4. The second-order valence-corrected chi connectivity index (χ2v) is 6.06. The van der Waals surface area contributed by atoms with Gasteiger partial charge < -0.3 is 10.6 Å². The molecule has 0 aromatic heterocycles. The zero-order valence-corrected chi connectivity index (χ0v) is 14.9.